The lowest BCUT2D eigenvalue weighted by atomic mass is 9.99. The van der Waals surface area contributed by atoms with Gasteiger partial charge in [-0.2, -0.15) is 0 Å². The van der Waals surface area contributed by atoms with Gasteiger partial charge in [-0.05, 0) is 30.8 Å². The van der Waals surface area contributed by atoms with Gasteiger partial charge < -0.3 is 15.5 Å². The van der Waals surface area contributed by atoms with Crippen molar-refractivity contribution in [3.63, 3.8) is 0 Å². The molecule has 0 saturated carbocycles. The Balaban J connectivity index is 0.000000450. The Morgan fingerprint density at radius 2 is 1.88 bits per heavy atom. The fourth-order valence-electron chi connectivity index (χ4n) is 1.82. The molecule has 0 atom stereocenters. The fourth-order valence-corrected chi connectivity index (χ4v) is 2.33. The Morgan fingerprint density at radius 1 is 1.20 bits per heavy atom. The van der Waals surface area contributed by atoms with Gasteiger partial charge in [0.05, 0.1) is 0 Å². The van der Waals surface area contributed by atoms with E-state index in [0.29, 0.717) is 10.0 Å². The minimum Gasteiger partial charge on any atom is -0.473 e. The highest BCUT2D eigenvalue weighted by Crippen LogP contribution is 2.30. The molecule has 25 heavy (non-hydrogen) atoms. The number of nitrogens with zero attached hydrogens (tertiary/aromatic N) is 1. The number of pyridine rings is 1. The quantitative estimate of drug-likeness (QED) is 0.702. The molecular weight excluding hydrogens is 367 g/mol. The van der Waals surface area contributed by atoms with Gasteiger partial charge >= 0.3 is 11.9 Å². The van der Waals surface area contributed by atoms with Crippen LogP contribution in [-0.4, -0.2) is 40.7 Å². The van der Waals surface area contributed by atoms with Crippen molar-refractivity contribution in [3.8, 4) is 0 Å². The number of halogens is 2. The van der Waals surface area contributed by atoms with Crippen LogP contribution in [0, 0.1) is 0 Å². The van der Waals surface area contributed by atoms with E-state index in [1.807, 2.05) is 37.5 Å². The molecule has 1 aromatic carbocycles. The summed E-state index contributed by atoms with van der Waals surface area (Å²) in [7, 11) is 1.90. The largest absolute Gasteiger partial charge is 0.473 e. The minimum absolute atomic E-state index is 0.632. The molecule has 1 heterocycles. The molecule has 2 rings (SSSR count). The predicted octanol–water partition coefficient (Wildman–Crippen LogP) is 3.20. The van der Waals surface area contributed by atoms with E-state index in [4.69, 9.17) is 43.0 Å². The van der Waals surface area contributed by atoms with Crippen molar-refractivity contribution >= 4 is 40.7 Å². The first kappa shape index (κ1) is 20.6. The molecule has 0 amide bonds. The molecular formula is C17H16Cl2N2O4. The van der Waals surface area contributed by atoms with E-state index in [9.17, 15) is 0 Å². The van der Waals surface area contributed by atoms with Crippen LogP contribution in [0.15, 0.2) is 48.8 Å². The van der Waals surface area contributed by atoms with Crippen LogP contribution >= 0.6 is 23.2 Å². The van der Waals surface area contributed by atoms with E-state index in [-0.39, 0.29) is 0 Å². The molecule has 0 aliphatic rings. The van der Waals surface area contributed by atoms with Crippen molar-refractivity contribution in [2.45, 2.75) is 0 Å². The number of likely N-dealkylation sites (N-methyl/N-ethyl adjacent to an activating group) is 1. The van der Waals surface area contributed by atoms with Gasteiger partial charge in [0.25, 0.3) is 0 Å². The summed E-state index contributed by atoms with van der Waals surface area (Å²) in [5.41, 5.74) is 3.03. The molecule has 0 radical (unpaired) electrons. The van der Waals surface area contributed by atoms with Crippen molar-refractivity contribution in [1.29, 1.82) is 0 Å². The lowest BCUT2D eigenvalue weighted by Gasteiger charge is -2.10. The van der Waals surface area contributed by atoms with Crippen LogP contribution in [0.2, 0.25) is 10.0 Å². The van der Waals surface area contributed by atoms with E-state index in [1.54, 1.807) is 12.3 Å². The number of nitrogens with one attached hydrogen (secondary N) is 1. The monoisotopic (exact) mass is 382 g/mol. The fraction of sp³-hybridized carbons (Fsp3) is 0.118. The smallest absolute Gasteiger partial charge is 0.414 e. The number of hydrogen-bond donors (Lipinski definition) is 3. The van der Waals surface area contributed by atoms with Crippen molar-refractivity contribution in [3.05, 3.63) is 70.0 Å². The third kappa shape index (κ3) is 6.93. The third-order valence-corrected chi connectivity index (χ3v) is 3.43. The second-order valence-corrected chi connectivity index (χ2v) is 5.50. The summed E-state index contributed by atoms with van der Waals surface area (Å²) in [5, 5.41) is 19.2. The SMILES string of the molecule is CNCC=C(c1cccnc1)c1ccc(Cl)cc1Cl.O=C(O)C(=O)O. The van der Waals surface area contributed by atoms with Gasteiger partial charge in [-0.1, -0.05) is 41.4 Å². The number of carboxylic acid groups (broad SMARTS) is 2. The summed E-state index contributed by atoms with van der Waals surface area (Å²) in [6.07, 6.45) is 5.67. The molecule has 0 aliphatic carbocycles. The molecule has 0 fully saturated rings. The van der Waals surface area contributed by atoms with Crippen LogP contribution in [0.4, 0.5) is 0 Å². The third-order valence-electron chi connectivity index (χ3n) is 2.89. The number of carboxylic acids is 2. The first-order chi connectivity index (χ1) is 11.9. The molecule has 132 valence electrons. The molecule has 2 aromatic rings. The molecule has 8 heteroatoms. The van der Waals surface area contributed by atoms with Gasteiger partial charge in [-0.3, -0.25) is 4.98 Å². The van der Waals surface area contributed by atoms with Crippen LogP contribution < -0.4 is 5.32 Å². The number of aromatic nitrogens is 1. The Bertz CT molecular complexity index is 752. The maximum atomic E-state index is 9.10. The molecule has 1 aromatic heterocycles. The molecule has 0 unspecified atom stereocenters. The summed E-state index contributed by atoms with van der Waals surface area (Å²) in [6, 6.07) is 9.44. The Morgan fingerprint density at radius 3 is 2.36 bits per heavy atom. The van der Waals surface area contributed by atoms with Crippen LogP contribution in [0.1, 0.15) is 11.1 Å². The number of rotatable bonds is 4. The first-order valence-corrected chi connectivity index (χ1v) is 7.79. The Labute approximate surface area is 154 Å². The van der Waals surface area contributed by atoms with Gasteiger partial charge in [-0.15, -0.1) is 0 Å². The Hall–Kier alpha value is -2.41. The van der Waals surface area contributed by atoms with E-state index < -0.39 is 11.9 Å². The average Bonchev–Trinajstić information content (AvgIpc) is 2.58. The van der Waals surface area contributed by atoms with Crippen molar-refractivity contribution in [1.82, 2.24) is 10.3 Å². The summed E-state index contributed by atoms with van der Waals surface area (Å²) in [5.74, 6) is -3.65. The normalized spacial score (nSPS) is 10.6. The maximum absolute atomic E-state index is 9.10. The lowest BCUT2D eigenvalue weighted by molar-refractivity contribution is -0.159. The second kappa shape index (κ2) is 10.5. The van der Waals surface area contributed by atoms with Crippen LogP contribution in [0.3, 0.4) is 0 Å². The van der Waals surface area contributed by atoms with Gasteiger partial charge in [0.1, 0.15) is 0 Å². The van der Waals surface area contributed by atoms with E-state index in [1.165, 1.54) is 0 Å². The van der Waals surface area contributed by atoms with E-state index >= 15 is 0 Å². The van der Waals surface area contributed by atoms with Crippen molar-refractivity contribution < 1.29 is 19.8 Å². The lowest BCUT2D eigenvalue weighted by Crippen LogP contribution is -2.09. The summed E-state index contributed by atoms with van der Waals surface area (Å²) in [6.45, 7) is 0.753. The van der Waals surface area contributed by atoms with Crippen LogP contribution in [0.25, 0.3) is 5.57 Å². The highest BCUT2D eigenvalue weighted by Gasteiger charge is 2.09. The number of hydrogen-bond acceptors (Lipinski definition) is 4. The minimum atomic E-state index is -1.82. The van der Waals surface area contributed by atoms with Crippen molar-refractivity contribution in [2.75, 3.05) is 13.6 Å². The zero-order valence-electron chi connectivity index (χ0n) is 13.2. The van der Waals surface area contributed by atoms with Gasteiger partial charge in [-0.25, -0.2) is 9.59 Å². The Kier molecular flexibility index (Phi) is 8.63. The molecule has 6 nitrogen and oxygen atoms in total. The van der Waals surface area contributed by atoms with E-state index in [0.717, 1.165) is 23.2 Å². The van der Waals surface area contributed by atoms with Crippen LogP contribution in [0.5, 0.6) is 0 Å². The standard InChI is InChI=1S/C15H14Cl2N2.C2H2O4/c1-18-8-6-13(11-3-2-7-19-10-11)14-5-4-12(16)9-15(14)17;3-1(4)2(5)6/h2-7,9-10,18H,8H2,1H3;(H,3,4)(H,5,6). The number of carbonyl (C=O) groups is 2. The summed E-state index contributed by atoms with van der Waals surface area (Å²) in [4.78, 5) is 22.4. The zero-order chi connectivity index (χ0) is 18.8. The highest BCUT2D eigenvalue weighted by atomic mass is 35.5. The number of benzene rings is 1. The average molecular weight is 383 g/mol. The molecule has 0 aliphatic heterocycles. The van der Waals surface area contributed by atoms with Gasteiger partial charge in [0.2, 0.25) is 0 Å². The molecule has 0 spiro atoms. The predicted molar refractivity (Wildman–Crippen MR) is 97.0 cm³/mol. The van der Waals surface area contributed by atoms with Gasteiger partial charge in [0.15, 0.2) is 0 Å². The number of aliphatic carboxylic acids is 2. The van der Waals surface area contributed by atoms with Gasteiger partial charge in [0, 0.05) is 40.1 Å². The zero-order valence-corrected chi connectivity index (χ0v) is 14.8. The molecule has 0 saturated heterocycles. The second-order valence-electron chi connectivity index (χ2n) is 4.65. The molecule has 3 N–H and O–H groups in total. The highest BCUT2D eigenvalue weighted by molar-refractivity contribution is 6.35. The first-order valence-electron chi connectivity index (χ1n) is 7.03. The maximum Gasteiger partial charge on any atom is 0.414 e. The van der Waals surface area contributed by atoms with E-state index in [2.05, 4.69) is 16.4 Å². The van der Waals surface area contributed by atoms with Crippen LogP contribution in [-0.2, 0) is 9.59 Å². The van der Waals surface area contributed by atoms with Crippen molar-refractivity contribution in [2.24, 2.45) is 0 Å². The summed E-state index contributed by atoms with van der Waals surface area (Å²) < 4.78 is 0. The summed E-state index contributed by atoms with van der Waals surface area (Å²) >= 11 is 12.2. The molecule has 0 bridgehead atoms. The topological polar surface area (TPSA) is 99.5 Å².